The molecule has 2 rings (SSSR count). The number of rotatable bonds is 3. The Balaban J connectivity index is 2.25. The molecule has 17 heavy (non-hydrogen) atoms. The van der Waals surface area contributed by atoms with E-state index in [-0.39, 0.29) is 17.7 Å². The summed E-state index contributed by atoms with van der Waals surface area (Å²) in [5, 5.41) is 0. The minimum atomic E-state index is -0.729. The van der Waals surface area contributed by atoms with Gasteiger partial charge in [0.1, 0.15) is 23.7 Å². The highest BCUT2D eigenvalue weighted by atomic mass is 19.1. The molecule has 0 bridgehead atoms. The molecule has 1 aromatic carbocycles. The van der Waals surface area contributed by atoms with E-state index < -0.39 is 17.4 Å². The molecule has 0 amide bonds. The van der Waals surface area contributed by atoms with Crippen LogP contribution in [0.3, 0.4) is 0 Å². The van der Waals surface area contributed by atoms with Crippen molar-refractivity contribution < 1.29 is 13.6 Å². The van der Waals surface area contributed by atoms with Crippen LogP contribution in [0.25, 0.3) is 0 Å². The van der Waals surface area contributed by atoms with Crippen LogP contribution in [0.4, 0.5) is 8.78 Å². The van der Waals surface area contributed by atoms with E-state index in [1.165, 1.54) is 24.7 Å². The molecule has 5 heteroatoms. The molecule has 86 valence electrons. The van der Waals surface area contributed by atoms with E-state index >= 15 is 0 Å². The third-order valence-electron chi connectivity index (χ3n) is 2.27. The molecule has 0 saturated carbocycles. The van der Waals surface area contributed by atoms with Crippen molar-refractivity contribution in [2.45, 2.75) is 6.42 Å². The molecule has 0 unspecified atom stereocenters. The highest BCUT2D eigenvalue weighted by molar-refractivity contribution is 5.95. The predicted molar refractivity (Wildman–Crippen MR) is 56.4 cm³/mol. The molecule has 0 spiro atoms. The van der Waals surface area contributed by atoms with Gasteiger partial charge in [-0.2, -0.15) is 0 Å². The first kappa shape index (κ1) is 11.3. The zero-order valence-corrected chi connectivity index (χ0v) is 8.73. The maximum Gasteiger partial charge on any atom is 0.185 e. The molecule has 1 aromatic heterocycles. The Labute approximate surface area is 96.2 Å². The predicted octanol–water partition coefficient (Wildman–Crippen LogP) is 2.18. The lowest BCUT2D eigenvalue weighted by molar-refractivity contribution is 0.0985. The number of carbonyl (C=O) groups excluding carboxylic acids is 1. The van der Waals surface area contributed by atoms with Crippen LogP contribution in [-0.2, 0) is 6.42 Å². The van der Waals surface area contributed by atoms with Crippen LogP contribution >= 0.6 is 0 Å². The van der Waals surface area contributed by atoms with Gasteiger partial charge in [-0.25, -0.2) is 18.7 Å². The number of aromatic nitrogens is 2. The second-order valence-electron chi connectivity index (χ2n) is 3.39. The van der Waals surface area contributed by atoms with E-state index in [0.29, 0.717) is 0 Å². The number of ketones is 1. The molecule has 3 nitrogen and oxygen atoms in total. The average molecular weight is 234 g/mol. The molecule has 0 aliphatic heterocycles. The number of hydrogen-bond donors (Lipinski definition) is 0. The summed E-state index contributed by atoms with van der Waals surface area (Å²) in [6.45, 7) is 0. The number of carbonyl (C=O) groups is 1. The molecule has 1 heterocycles. The fourth-order valence-corrected chi connectivity index (χ4v) is 1.41. The van der Waals surface area contributed by atoms with Crippen molar-refractivity contribution in [2.24, 2.45) is 0 Å². The summed E-state index contributed by atoms with van der Waals surface area (Å²) in [4.78, 5) is 19.1. The summed E-state index contributed by atoms with van der Waals surface area (Å²) >= 11 is 0. The maximum absolute atomic E-state index is 13.3. The van der Waals surface area contributed by atoms with Crippen LogP contribution < -0.4 is 0 Å². The molecule has 2 aromatic rings. The van der Waals surface area contributed by atoms with Gasteiger partial charge in [0.25, 0.3) is 0 Å². The third kappa shape index (κ3) is 2.50. The molecule has 0 radical (unpaired) electrons. The summed E-state index contributed by atoms with van der Waals surface area (Å²) < 4.78 is 26.6. The van der Waals surface area contributed by atoms with Crippen LogP contribution in [0.1, 0.15) is 16.1 Å². The van der Waals surface area contributed by atoms with E-state index in [9.17, 15) is 13.6 Å². The first-order valence-corrected chi connectivity index (χ1v) is 4.90. The number of hydrogen-bond acceptors (Lipinski definition) is 3. The van der Waals surface area contributed by atoms with Crippen molar-refractivity contribution in [3.05, 3.63) is 59.7 Å². The van der Waals surface area contributed by atoms with Crippen molar-refractivity contribution in [1.29, 1.82) is 0 Å². The van der Waals surface area contributed by atoms with Gasteiger partial charge in [-0.3, -0.25) is 4.79 Å². The van der Waals surface area contributed by atoms with Gasteiger partial charge in [-0.15, -0.1) is 0 Å². The van der Waals surface area contributed by atoms with Gasteiger partial charge in [0, 0.05) is 18.2 Å². The standard InChI is InChI=1S/C12H8F2N2O/c13-9-2-1-3-10(14)8(9)6-12(17)11-4-5-15-7-16-11/h1-5,7H,6H2. The normalized spacial score (nSPS) is 10.2. The largest absolute Gasteiger partial charge is 0.292 e. The van der Waals surface area contributed by atoms with E-state index in [1.54, 1.807) is 0 Å². The molecule has 0 saturated heterocycles. The van der Waals surface area contributed by atoms with Crippen molar-refractivity contribution in [3.63, 3.8) is 0 Å². The Morgan fingerprint density at radius 3 is 2.47 bits per heavy atom. The molecular formula is C12H8F2N2O. The minimum absolute atomic E-state index is 0.141. The average Bonchev–Trinajstić information content (AvgIpc) is 2.35. The summed E-state index contributed by atoms with van der Waals surface area (Å²) in [6.07, 6.45) is 2.26. The Morgan fingerprint density at radius 2 is 1.88 bits per heavy atom. The lowest BCUT2D eigenvalue weighted by Crippen LogP contribution is -2.09. The molecule has 0 atom stereocenters. The monoisotopic (exact) mass is 234 g/mol. The van der Waals surface area contributed by atoms with Gasteiger partial charge in [0.05, 0.1) is 0 Å². The van der Waals surface area contributed by atoms with Gasteiger partial charge in [-0.1, -0.05) is 6.07 Å². The van der Waals surface area contributed by atoms with Gasteiger partial charge in [-0.05, 0) is 18.2 Å². The smallest absolute Gasteiger partial charge is 0.185 e. The van der Waals surface area contributed by atoms with Crippen LogP contribution in [-0.4, -0.2) is 15.8 Å². The topological polar surface area (TPSA) is 42.9 Å². The Hall–Kier alpha value is -2.17. The lowest BCUT2D eigenvalue weighted by Gasteiger charge is -2.03. The van der Waals surface area contributed by atoms with Crippen LogP contribution in [0, 0.1) is 11.6 Å². The number of halogens is 2. The zero-order chi connectivity index (χ0) is 12.3. The lowest BCUT2D eigenvalue weighted by atomic mass is 10.1. The number of nitrogens with zero attached hydrogens (tertiary/aromatic N) is 2. The van der Waals surface area contributed by atoms with Gasteiger partial charge < -0.3 is 0 Å². The Bertz CT molecular complexity index is 523. The Kier molecular flexibility index (Phi) is 3.18. The highest BCUT2D eigenvalue weighted by Gasteiger charge is 2.14. The zero-order valence-electron chi connectivity index (χ0n) is 8.73. The quantitative estimate of drug-likeness (QED) is 0.764. The minimum Gasteiger partial charge on any atom is -0.292 e. The Morgan fingerprint density at radius 1 is 1.18 bits per heavy atom. The summed E-state index contributed by atoms with van der Waals surface area (Å²) in [6, 6.07) is 4.89. The van der Waals surface area contributed by atoms with Crippen LogP contribution in [0.15, 0.2) is 36.8 Å². The molecule has 0 N–H and O–H groups in total. The summed E-state index contributed by atoms with van der Waals surface area (Å²) in [7, 11) is 0. The van der Waals surface area contributed by atoms with Gasteiger partial charge in [0.15, 0.2) is 5.78 Å². The van der Waals surface area contributed by atoms with Crippen molar-refractivity contribution >= 4 is 5.78 Å². The van der Waals surface area contributed by atoms with Crippen LogP contribution in [0.2, 0.25) is 0 Å². The van der Waals surface area contributed by atoms with E-state index in [2.05, 4.69) is 9.97 Å². The fourth-order valence-electron chi connectivity index (χ4n) is 1.41. The maximum atomic E-state index is 13.3. The van der Waals surface area contributed by atoms with Crippen molar-refractivity contribution in [2.75, 3.05) is 0 Å². The van der Waals surface area contributed by atoms with E-state index in [0.717, 1.165) is 12.1 Å². The SMILES string of the molecule is O=C(Cc1c(F)cccc1F)c1ccncn1. The second-order valence-corrected chi connectivity index (χ2v) is 3.39. The molecule has 0 aliphatic rings. The summed E-state index contributed by atoms with van der Waals surface area (Å²) in [5.74, 6) is -1.91. The number of Topliss-reactive ketones (excluding diaryl/α,β-unsaturated/α-hetero) is 1. The number of benzene rings is 1. The first-order valence-electron chi connectivity index (χ1n) is 4.90. The van der Waals surface area contributed by atoms with Gasteiger partial charge >= 0.3 is 0 Å². The molecular weight excluding hydrogens is 226 g/mol. The van der Waals surface area contributed by atoms with E-state index in [1.807, 2.05) is 0 Å². The summed E-state index contributed by atoms with van der Waals surface area (Å²) in [5.41, 5.74) is -0.0984. The first-order chi connectivity index (χ1) is 8.18. The van der Waals surface area contributed by atoms with Crippen molar-refractivity contribution in [3.8, 4) is 0 Å². The fraction of sp³-hybridized carbons (Fsp3) is 0.0833. The van der Waals surface area contributed by atoms with Crippen LogP contribution in [0.5, 0.6) is 0 Å². The van der Waals surface area contributed by atoms with Crippen molar-refractivity contribution in [1.82, 2.24) is 9.97 Å². The third-order valence-corrected chi connectivity index (χ3v) is 2.27. The highest BCUT2D eigenvalue weighted by Crippen LogP contribution is 2.14. The molecule has 0 aliphatic carbocycles. The van der Waals surface area contributed by atoms with Gasteiger partial charge in [0.2, 0.25) is 0 Å². The molecule has 0 fully saturated rings. The van der Waals surface area contributed by atoms with E-state index in [4.69, 9.17) is 0 Å². The second kappa shape index (κ2) is 4.78.